The lowest BCUT2D eigenvalue weighted by Gasteiger charge is -2.20. The van der Waals surface area contributed by atoms with Crippen molar-refractivity contribution >= 4 is 11.9 Å². The Hall–Kier alpha value is -2.32. The molecular weight excluding hydrogens is 466 g/mol. The number of carbonyl (C=O) groups is 2. The zero-order valence-corrected chi connectivity index (χ0v) is 18.1. The van der Waals surface area contributed by atoms with Gasteiger partial charge >= 0.3 is 24.3 Å². The van der Waals surface area contributed by atoms with Crippen molar-refractivity contribution in [2.45, 2.75) is 44.4 Å². The zero-order valence-electron chi connectivity index (χ0n) is 18.1. The topological polar surface area (TPSA) is 103 Å². The second-order valence-electron chi connectivity index (χ2n) is 7.87. The van der Waals surface area contributed by atoms with E-state index in [1.807, 2.05) is 13.0 Å². The van der Waals surface area contributed by atoms with Gasteiger partial charge in [0.1, 0.15) is 11.5 Å². The second-order valence-corrected chi connectivity index (χ2v) is 7.87. The highest BCUT2D eigenvalue weighted by atomic mass is 19.4. The van der Waals surface area contributed by atoms with Crippen molar-refractivity contribution in [3.05, 3.63) is 23.7 Å². The number of aryl methyl sites for hydroxylation is 1. The molecule has 2 aliphatic rings. The molecule has 3 rings (SSSR count). The van der Waals surface area contributed by atoms with Crippen molar-refractivity contribution in [2.24, 2.45) is 5.92 Å². The number of halogens is 6. The van der Waals surface area contributed by atoms with Crippen LogP contribution in [0.2, 0.25) is 0 Å². The number of hydrogen-bond donors (Lipinski definition) is 2. The summed E-state index contributed by atoms with van der Waals surface area (Å²) in [6.07, 6.45) is -8.10. The maximum absolute atomic E-state index is 10.6. The summed E-state index contributed by atoms with van der Waals surface area (Å²) in [6, 6.07) is 4.12. The number of nitrogens with zero attached hydrogens (tertiary/aromatic N) is 2. The Balaban J connectivity index is 0.000000324. The molecular formula is C19H26F6N2O6. The first-order valence-corrected chi connectivity index (χ1v) is 9.67. The van der Waals surface area contributed by atoms with Crippen molar-refractivity contribution < 1.29 is 55.3 Å². The molecule has 2 aliphatic heterocycles. The van der Waals surface area contributed by atoms with Crippen molar-refractivity contribution in [3.8, 4) is 0 Å². The number of carboxylic acids is 2. The molecule has 1 aromatic heterocycles. The maximum Gasteiger partial charge on any atom is 0.490 e. The smallest absolute Gasteiger partial charge is 0.475 e. The highest BCUT2D eigenvalue weighted by molar-refractivity contribution is 5.73. The van der Waals surface area contributed by atoms with Crippen LogP contribution in [0.1, 0.15) is 17.9 Å². The van der Waals surface area contributed by atoms with E-state index in [4.69, 9.17) is 29.0 Å². The largest absolute Gasteiger partial charge is 0.490 e. The average molecular weight is 492 g/mol. The van der Waals surface area contributed by atoms with Crippen LogP contribution in [0.3, 0.4) is 0 Å². The normalized spacial score (nSPS) is 22.8. The van der Waals surface area contributed by atoms with Gasteiger partial charge < -0.3 is 24.3 Å². The SMILES string of the molecule is Cc1ccc(CN2C[C@H]3C[C@H](CN(C)C)O[C@H]3C2)o1.O=C(O)C(F)(F)F.O=C(O)C(F)(F)F. The van der Waals surface area contributed by atoms with E-state index >= 15 is 0 Å². The Morgan fingerprint density at radius 3 is 1.94 bits per heavy atom. The van der Waals surface area contributed by atoms with Crippen molar-refractivity contribution in [3.63, 3.8) is 0 Å². The van der Waals surface area contributed by atoms with E-state index in [2.05, 4.69) is 30.0 Å². The predicted octanol–water partition coefficient (Wildman–Crippen LogP) is 3.01. The Morgan fingerprint density at radius 2 is 1.58 bits per heavy atom. The van der Waals surface area contributed by atoms with Gasteiger partial charge in [0.2, 0.25) is 0 Å². The van der Waals surface area contributed by atoms with Crippen molar-refractivity contribution in [1.82, 2.24) is 9.80 Å². The molecule has 0 saturated carbocycles. The van der Waals surface area contributed by atoms with Crippen LogP contribution >= 0.6 is 0 Å². The molecule has 190 valence electrons. The molecule has 2 N–H and O–H groups in total. The van der Waals surface area contributed by atoms with E-state index in [9.17, 15) is 26.3 Å². The summed E-state index contributed by atoms with van der Waals surface area (Å²) in [5.74, 6) is -2.74. The third kappa shape index (κ3) is 10.4. The summed E-state index contributed by atoms with van der Waals surface area (Å²) in [5, 5.41) is 14.2. The lowest BCUT2D eigenvalue weighted by atomic mass is 10.0. The molecule has 0 amide bonds. The molecule has 0 spiro atoms. The van der Waals surface area contributed by atoms with Gasteiger partial charge in [-0.3, -0.25) is 4.90 Å². The molecule has 0 radical (unpaired) electrons. The summed E-state index contributed by atoms with van der Waals surface area (Å²) >= 11 is 0. The van der Waals surface area contributed by atoms with E-state index < -0.39 is 24.3 Å². The van der Waals surface area contributed by atoms with E-state index in [1.165, 1.54) is 6.42 Å². The van der Waals surface area contributed by atoms with Gasteiger partial charge in [0.05, 0.1) is 18.8 Å². The third-order valence-electron chi connectivity index (χ3n) is 4.62. The molecule has 0 aliphatic carbocycles. The van der Waals surface area contributed by atoms with E-state index in [0.29, 0.717) is 18.1 Å². The number of alkyl halides is 6. The van der Waals surface area contributed by atoms with Gasteiger partial charge in [0, 0.05) is 25.6 Å². The molecule has 14 heteroatoms. The number of carboxylic acid groups (broad SMARTS) is 2. The molecule has 0 bridgehead atoms. The number of ether oxygens (including phenoxy) is 1. The first-order chi connectivity index (χ1) is 15.0. The Morgan fingerprint density at radius 1 is 1.06 bits per heavy atom. The molecule has 1 aromatic rings. The summed E-state index contributed by atoms with van der Waals surface area (Å²) in [6.45, 7) is 6.16. The molecule has 2 fully saturated rings. The predicted molar refractivity (Wildman–Crippen MR) is 101 cm³/mol. The van der Waals surface area contributed by atoms with Gasteiger partial charge in [-0.25, -0.2) is 9.59 Å². The minimum atomic E-state index is -5.08. The van der Waals surface area contributed by atoms with Crippen LogP contribution in [0.4, 0.5) is 26.3 Å². The number of furan rings is 1. The summed E-state index contributed by atoms with van der Waals surface area (Å²) < 4.78 is 75.3. The highest BCUT2D eigenvalue weighted by Crippen LogP contribution is 2.33. The van der Waals surface area contributed by atoms with Crippen LogP contribution in [0, 0.1) is 12.8 Å². The van der Waals surface area contributed by atoms with Crippen molar-refractivity contribution in [2.75, 3.05) is 33.7 Å². The van der Waals surface area contributed by atoms with Gasteiger partial charge in [0.15, 0.2) is 0 Å². The van der Waals surface area contributed by atoms with Gasteiger partial charge in [-0.15, -0.1) is 0 Å². The van der Waals surface area contributed by atoms with Crippen LogP contribution in [0.5, 0.6) is 0 Å². The van der Waals surface area contributed by atoms with E-state index in [-0.39, 0.29) is 0 Å². The summed E-state index contributed by atoms with van der Waals surface area (Å²) in [4.78, 5) is 22.5. The van der Waals surface area contributed by atoms with E-state index in [1.54, 1.807) is 0 Å². The maximum atomic E-state index is 10.6. The number of rotatable bonds is 4. The van der Waals surface area contributed by atoms with Gasteiger partial charge in [-0.05, 0) is 39.6 Å². The van der Waals surface area contributed by atoms with Gasteiger partial charge in [0.25, 0.3) is 0 Å². The standard InChI is InChI=1S/C15H24N2O2.2C2HF3O2/c1-11-4-5-13(18-11)9-17-7-12-6-14(8-16(2)3)19-15(12)10-17;2*3-2(4,5)1(6)7/h4-5,12,14-15H,6-10H2,1-3H3;2*(H,6,7)/t12-,14-,15+;;/m1../s1. The molecule has 2 saturated heterocycles. The summed E-state index contributed by atoms with van der Waals surface area (Å²) in [5.41, 5.74) is 0. The number of aliphatic carboxylic acids is 2. The third-order valence-corrected chi connectivity index (χ3v) is 4.62. The number of likely N-dealkylation sites (N-methyl/N-ethyl adjacent to an activating group) is 1. The van der Waals surface area contributed by atoms with Crippen LogP contribution in [-0.4, -0.2) is 90.2 Å². The lowest BCUT2D eigenvalue weighted by molar-refractivity contribution is -0.193. The minimum absolute atomic E-state index is 0.429. The Kier molecular flexibility index (Phi) is 10.2. The summed E-state index contributed by atoms with van der Waals surface area (Å²) in [7, 11) is 4.23. The lowest BCUT2D eigenvalue weighted by Crippen LogP contribution is -2.29. The molecule has 0 unspecified atom stereocenters. The number of likely N-dealkylation sites (tertiary alicyclic amines) is 1. The van der Waals surface area contributed by atoms with Crippen LogP contribution in [0.25, 0.3) is 0 Å². The average Bonchev–Trinajstić information content (AvgIpc) is 3.29. The van der Waals surface area contributed by atoms with Crippen LogP contribution < -0.4 is 0 Å². The molecule has 8 nitrogen and oxygen atoms in total. The van der Waals surface area contributed by atoms with E-state index in [0.717, 1.165) is 37.7 Å². The highest BCUT2D eigenvalue weighted by Gasteiger charge is 2.42. The Labute approximate surface area is 185 Å². The fourth-order valence-corrected chi connectivity index (χ4v) is 3.39. The molecule has 3 heterocycles. The Bertz CT molecular complexity index is 742. The molecule has 33 heavy (non-hydrogen) atoms. The zero-order chi connectivity index (χ0) is 25.6. The van der Waals surface area contributed by atoms with Crippen LogP contribution in [-0.2, 0) is 20.9 Å². The van der Waals surface area contributed by atoms with Gasteiger partial charge in [-0.2, -0.15) is 26.3 Å². The first-order valence-electron chi connectivity index (χ1n) is 9.67. The number of fused-ring (bicyclic) bond motifs is 1. The monoisotopic (exact) mass is 492 g/mol. The fourth-order valence-electron chi connectivity index (χ4n) is 3.39. The first kappa shape index (κ1) is 28.7. The van der Waals surface area contributed by atoms with Gasteiger partial charge in [-0.1, -0.05) is 0 Å². The second kappa shape index (κ2) is 11.7. The molecule has 3 atom stereocenters. The van der Waals surface area contributed by atoms with Crippen molar-refractivity contribution in [1.29, 1.82) is 0 Å². The quantitative estimate of drug-likeness (QED) is 0.619. The minimum Gasteiger partial charge on any atom is -0.475 e. The van der Waals surface area contributed by atoms with Crippen LogP contribution in [0.15, 0.2) is 16.5 Å². The number of hydrogen-bond acceptors (Lipinski definition) is 6. The molecule has 0 aromatic carbocycles. The fraction of sp³-hybridized carbons (Fsp3) is 0.684.